The molecule has 0 bridgehead atoms. The number of nitrogens with zero attached hydrogens (tertiary/aromatic N) is 2. The maximum Gasteiger partial charge on any atom is 0.273 e. The van der Waals surface area contributed by atoms with Crippen molar-refractivity contribution in [2.75, 3.05) is 25.0 Å². The topological polar surface area (TPSA) is 94.0 Å². The van der Waals surface area contributed by atoms with Gasteiger partial charge in [-0.2, -0.15) is 5.10 Å². The Morgan fingerprint density at radius 2 is 1.81 bits per heavy atom. The van der Waals surface area contributed by atoms with Crippen LogP contribution in [0.25, 0.3) is 0 Å². The molecule has 1 aliphatic heterocycles. The van der Waals surface area contributed by atoms with Crippen molar-refractivity contribution >= 4 is 39.6 Å². The number of rotatable bonds is 8. The Balaban J connectivity index is 1.38. The Hall–Kier alpha value is -3.33. The van der Waals surface area contributed by atoms with Gasteiger partial charge in [-0.05, 0) is 80.2 Å². The Morgan fingerprint density at radius 1 is 1.05 bits per heavy atom. The number of aryl methyl sites for hydroxylation is 1. The summed E-state index contributed by atoms with van der Waals surface area (Å²) in [6.07, 6.45) is 3.60. The lowest BCUT2D eigenvalue weighted by molar-refractivity contribution is 0.0956. The molecular weight excluding hydrogens is 532 g/mol. The summed E-state index contributed by atoms with van der Waals surface area (Å²) >= 11 is 3.40. The van der Waals surface area contributed by atoms with E-state index in [0.717, 1.165) is 49.2 Å². The van der Waals surface area contributed by atoms with Gasteiger partial charge in [-0.15, -0.1) is 0 Å². The molecule has 0 aromatic heterocycles. The second-order valence-corrected chi connectivity index (χ2v) is 10.3. The predicted octanol–water partition coefficient (Wildman–Crippen LogP) is 4.98. The molecular formula is C29H31BrN4O3. The Morgan fingerprint density at radius 3 is 2.51 bits per heavy atom. The first-order valence-corrected chi connectivity index (χ1v) is 13.1. The lowest BCUT2D eigenvalue weighted by atomic mass is 9.97. The summed E-state index contributed by atoms with van der Waals surface area (Å²) in [5, 5.41) is 16.2. The number of likely N-dealkylation sites (tertiary alicyclic amines) is 1. The quantitative estimate of drug-likeness (QED) is 0.266. The number of aliphatic hydroxyl groups is 1. The van der Waals surface area contributed by atoms with Crippen LogP contribution in [0.2, 0.25) is 0 Å². The Bertz CT molecular complexity index is 1270. The van der Waals surface area contributed by atoms with Crippen LogP contribution >= 0.6 is 15.9 Å². The minimum absolute atomic E-state index is 0.264. The summed E-state index contributed by atoms with van der Waals surface area (Å²) in [6, 6.07) is 20.4. The molecule has 4 rings (SSSR count). The highest BCUT2D eigenvalue weighted by Crippen LogP contribution is 2.23. The van der Waals surface area contributed by atoms with Crippen LogP contribution in [-0.4, -0.2) is 47.7 Å². The van der Waals surface area contributed by atoms with Crippen LogP contribution in [0.4, 0.5) is 5.69 Å². The molecule has 0 atom stereocenters. The summed E-state index contributed by atoms with van der Waals surface area (Å²) < 4.78 is 0.714. The number of hydrogen-bond donors (Lipinski definition) is 3. The summed E-state index contributed by atoms with van der Waals surface area (Å²) in [5.74, 6) is -0.316. The fourth-order valence-corrected chi connectivity index (χ4v) is 4.69. The molecule has 3 aromatic carbocycles. The van der Waals surface area contributed by atoms with E-state index in [1.165, 1.54) is 0 Å². The fourth-order valence-electron chi connectivity index (χ4n) is 4.33. The van der Waals surface area contributed by atoms with Crippen molar-refractivity contribution in [2.24, 2.45) is 11.0 Å². The van der Waals surface area contributed by atoms with Crippen molar-refractivity contribution in [3.05, 3.63) is 99.0 Å². The highest BCUT2D eigenvalue weighted by molar-refractivity contribution is 9.10. The number of carbonyl (C=O) groups is 2. The summed E-state index contributed by atoms with van der Waals surface area (Å²) in [7, 11) is 0. The number of carbonyl (C=O) groups excluding carboxylic acids is 2. The largest absolute Gasteiger partial charge is 0.396 e. The van der Waals surface area contributed by atoms with E-state index >= 15 is 0 Å². The lowest BCUT2D eigenvalue weighted by Gasteiger charge is -2.31. The average molecular weight is 563 g/mol. The van der Waals surface area contributed by atoms with Gasteiger partial charge < -0.3 is 10.4 Å². The second kappa shape index (κ2) is 12.8. The number of hydrogen-bond acceptors (Lipinski definition) is 5. The molecule has 0 radical (unpaired) electrons. The van der Waals surface area contributed by atoms with Gasteiger partial charge >= 0.3 is 0 Å². The minimum Gasteiger partial charge on any atom is -0.396 e. The highest BCUT2D eigenvalue weighted by atomic mass is 79.9. The van der Waals surface area contributed by atoms with E-state index in [1.54, 1.807) is 36.5 Å². The van der Waals surface area contributed by atoms with Crippen LogP contribution < -0.4 is 10.7 Å². The van der Waals surface area contributed by atoms with Crippen molar-refractivity contribution in [3.8, 4) is 0 Å². The zero-order valence-electron chi connectivity index (χ0n) is 20.8. The minimum atomic E-state index is -0.430. The third kappa shape index (κ3) is 7.58. The molecule has 192 valence electrons. The van der Waals surface area contributed by atoms with Gasteiger partial charge in [0.2, 0.25) is 0 Å². The van der Waals surface area contributed by atoms with E-state index in [-0.39, 0.29) is 12.5 Å². The third-order valence-electron chi connectivity index (χ3n) is 6.48. The number of piperidine rings is 1. The normalized spacial score (nSPS) is 14.6. The molecule has 0 saturated carbocycles. The summed E-state index contributed by atoms with van der Waals surface area (Å²) in [5.41, 5.74) is 6.85. The van der Waals surface area contributed by atoms with Gasteiger partial charge in [0.1, 0.15) is 0 Å². The molecule has 0 spiro atoms. The van der Waals surface area contributed by atoms with E-state index in [4.69, 9.17) is 0 Å². The van der Waals surface area contributed by atoms with Crippen LogP contribution in [0.1, 0.15) is 50.2 Å². The number of aliphatic hydroxyl groups excluding tert-OH is 1. The van der Waals surface area contributed by atoms with Crippen LogP contribution in [0.5, 0.6) is 0 Å². The van der Waals surface area contributed by atoms with E-state index in [0.29, 0.717) is 27.2 Å². The molecule has 8 heteroatoms. The fraction of sp³-hybridized carbons (Fsp3) is 0.276. The van der Waals surface area contributed by atoms with Gasteiger partial charge in [0.05, 0.1) is 17.5 Å². The molecule has 7 nitrogen and oxygen atoms in total. The predicted molar refractivity (Wildman–Crippen MR) is 150 cm³/mol. The van der Waals surface area contributed by atoms with E-state index in [2.05, 4.69) is 36.7 Å². The maximum absolute atomic E-state index is 13.0. The third-order valence-corrected chi connectivity index (χ3v) is 6.98. The first kappa shape index (κ1) is 26.7. The number of benzene rings is 3. The van der Waals surface area contributed by atoms with E-state index in [9.17, 15) is 14.7 Å². The zero-order chi connectivity index (χ0) is 26.2. The van der Waals surface area contributed by atoms with Gasteiger partial charge in [-0.25, -0.2) is 5.43 Å². The van der Waals surface area contributed by atoms with Crippen molar-refractivity contribution < 1.29 is 14.7 Å². The van der Waals surface area contributed by atoms with E-state index in [1.807, 2.05) is 43.3 Å². The highest BCUT2D eigenvalue weighted by Gasteiger charge is 2.19. The lowest BCUT2D eigenvalue weighted by Crippen LogP contribution is -2.34. The SMILES string of the molecule is Cc1cccc(/C=N/NC(=O)c2cc(Br)ccc2NC(=O)c2ccc(CN3CCC(CO)CC3)cc2)c1. The molecule has 1 aliphatic rings. The van der Waals surface area contributed by atoms with Crippen LogP contribution in [-0.2, 0) is 6.54 Å². The molecule has 3 N–H and O–H groups in total. The molecule has 37 heavy (non-hydrogen) atoms. The van der Waals surface area contributed by atoms with Gasteiger partial charge in [-0.1, -0.05) is 57.9 Å². The van der Waals surface area contributed by atoms with Crippen LogP contribution in [0.3, 0.4) is 0 Å². The number of amides is 2. The van der Waals surface area contributed by atoms with Gasteiger partial charge in [0.25, 0.3) is 11.8 Å². The Kier molecular flexibility index (Phi) is 9.22. The summed E-state index contributed by atoms with van der Waals surface area (Å²) in [6.45, 7) is 5.01. The van der Waals surface area contributed by atoms with Crippen molar-refractivity contribution in [3.63, 3.8) is 0 Å². The van der Waals surface area contributed by atoms with Crippen molar-refractivity contribution in [2.45, 2.75) is 26.3 Å². The van der Waals surface area contributed by atoms with Gasteiger partial charge in [0, 0.05) is 23.2 Å². The van der Waals surface area contributed by atoms with E-state index < -0.39 is 5.91 Å². The molecule has 3 aromatic rings. The number of anilines is 1. The first-order valence-electron chi connectivity index (χ1n) is 12.3. The van der Waals surface area contributed by atoms with Crippen LogP contribution in [0.15, 0.2) is 76.3 Å². The smallest absolute Gasteiger partial charge is 0.273 e. The Labute approximate surface area is 225 Å². The summed E-state index contributed by atoms with van der Waals surface area (Å²) in [4.78, 5) is 28.2. The average Bonchev–Trinajstić information content (AvgIpc) is 2.90. The van der Waals surface area contributed by atoms with Crippen molar-refractivity contribution in [1.82, 2.24) is 10.3 Å². The molecule has 1 heterocycles. The number of halogens is 1. The first-order chi connectivity index (χ1) is 17.9. The molecule has 0 unspecified atom stereocenters. The van der Waals surface area contributed by atoms with Gasteiger partial charge in [0.15, 0.2) is 0 Å². The molecule has 2 amide bonds. The monoisotopic (exact) mass is 562 g/mol. The molecule has 1 fully saturated rings. The molecule has 0 aliphatic carbocycles. The van der Waals surface area contributed by atoms with Crippen molar-refractivity contribution in [1.29, 1.82) is 0 Å². The standard InChI is InChI=1S/C29H31BrN4O3/c1-20-3-2-4-23(15-20)17-31-33-29(37)26-16-25(30)9-10-27(26)32-28(36)24-7-5-21(6-8-24)18-34-13-11-22(19-35)12-14-34/h2-10,15-17,22,35H,11-14,18-19H2,1H3,(H,32,36)(H,33,37)/b31-17+. The number of hydrazone groups is 1. The zero-order valence-corrected chi connectivity index (χ0v) is 22.4. The molecule has 1 saturated heterocycles. The maximum atomic E-state index is 13.0. The van der Waals surface area contributed by atoms with Gasteiger partial charge in [-0.3, -0.25) is 14.5 Å². The second-order valence-electron chi connectivity index (χ2n) is 9.36. The van der Waals surface area contributed by atoms with Crippen LogP contribution in [0, 0.1) is 12.8 Å². The number of nitrogens with one attached hydrogen (secondary N) is 2.